The maximum atomic E-state index is 11.0. The lowest BCUT2D eigenvalue weighted by Gasteiger charge is -2.29. The zero-order chi connectivity index (χ0) is 17.4. The van der Waals surface area contributed by atoms with Crippen LogP contribution in [-0.4, -0.2) is 45.8 Å². The SMILES string of the molecule is Cc1cc(N2CCOCC2)n2nc(-c3cccc([N+](=O)[O-])c3)cc2n1. The fourth-order valence-corrected chi connectivity index (χ4v) is 3.02. The van der Waals surface area contributed by atoms with Gasteiger partial charge in [0.1, 0.15) is 5.82 Å². The third-order valence-electron chi connectivity index (χ3n) is 4.22. The largest absolute Gasteiger partial charge is 0.378 e. The molecule has 1 aromatic carbocycles. The minimum absolute atomic E-state index is 0.0482. The lowest BCUT2D eigenvalue weighted by atomic mass is 10.1. The van der Waals surface area contributed by atoms with Crippen LogP contribution in [0.1, 0.15) is 5.69 Å². The van der Waals surface area contributed by atoms with Gasteiger partial charge in [0, 0.05) is 48.6 Å². The molecule has 0 aliphatic carbocycles. The second-order valence-electron chi connectivity index (χ2n) is 5.96. The first-order chi connectivity index (χ1) is 12.1. The summed E-state index contributed by atoms with van der Waals surface area (Å²) in [6, 6.07) is 10.3. The van der Waals surface area contributed by atoms with Gasteiger partial charge in [-0.15, -0.1) is 0 Å². The number of nitro groups is 1. The average molecular weight is 339 g/mol. The fourth-order valence-electron chi connectivity index (χ4n) is 3.02. The summed E-state index contributed by atoms with van der Waals surface area (Å²) < 4.78 is 7.22. The number of aryl methyl sites for hydroxylation is 1. The van der Waals surface area contributed by atoms with Crippen LogP contribution in [0.5, 0.6) is 0 Å². The molecular weight excluding hydrogens is 322 g/mol. The average Bonchev–Trinajstić information content (AvgIpc) is 3.05. The number of morpholine rings is 1. The Labute approximate surface area is 143 Å². The summed E-state index contributed by atoms with van der Waals surface area (Å²) in [6.45, 7) is 4.91. The molecule has 128 valence electrons. The van der Waals surface area contributed by atoms with Crippen molar-refractivity contribution in [3.63, 3.8) is 0 Å². The summed E-state index contributed by atoms with van der Waals surface area (Å²) in [4.78, 5) is 17.4. The third-order valence-corrected chi connectivity index (χ3v) is 4.22. The van der Waals surface area contributed by atoms with Crippen LogP contribution >= 0.6 is 0 Å². The molecule has 0 N–H and O–H groups in total. The minimum atomic E-state index is -0.402. The molecule has 4 rings (SSSR count). The van der Waals surface area contributed by atoms with E-state index in [2.05, 4.69) is 15.0 Å². The normalized spacial score (nSPS) is 14.8. The molecule has 8 heteroatoms. The number of ether oxygens (including phenoxy) is 1. The highest BCUT2D eigenvalue weighted by Crippen LogP contribution is 2.26. The molecule has 1 aliphatic heterocycles. The van der Waals surface area contributed by atoms with Crippen molar-refractivity contribution in [2.24, 2.45) is 0 Å². The molecule has 25 heavy (non-hydrogen) atoms. The molecule has 1 saturated heterocycles. The number of hydrogen-bond donors (Lipinski definition) is 0. The monoisotopic (exact) mass is 339 g/mol. The van der Waals surface area contributed by atoms with E-state index in [-0.39, 0.29) is 5.69 Å². The lowest BCUT2D eigenvalue weighted by Crippen LogP contribution is -2.37. The van der Waals surface area contributed by atoms with Gasteiger partial charge in [-0.2, -0.15) is 9.61 Å². The standard InChI is InChI=1S/C17H17N5O3/c1-12-9-17(20-5-7-25-8-6-20)21-16(18-12)11-15(19-21)13-3-2-4-14(10-13)22(23)24/h2-4,9-11H,5-8H2,1H3. The second kappa shape index (κ2) is 6.14. The zero-order valence-corrected chi connectivity index (χ0v) is 13.8. The summed E-state index contributed by atoms with van der Waals surface area (Å²) >= 11 is 0. The van der Waals surface area contributed by atoms with Crippen molar-refractivity contribution in [1.29, 1.82) is 0 Å². The number of nitro benzene ring substituents is 1. The van der Waals surface area contributed by atoms with E-state index in [1.54, 1.807) is 10.6 Å². The topological polar surface area (TPSA) is 85.8 Å². The van der Waals surface area contributed by atoms with Crippen LogP contribution in [-0.2, 0) is 4.74 Å². The Balaban J connectivity index is 1.82. The number of aromatic nitrogens is 3. The van der Waals surface area contributed by atoms with E-state index < -0.39 is 4.92 Å². The Morgan fingerprint density at radius 2 is 2.00 bits per heavy atom. The van der Waals surface area contributed by atoms with Crippen LogP contribution in [0.2, 0.25) is 0 Å². The van der Waals surface area contributed by atoms with Gasteiger partial charge in [-0.1, -0.05) is 12.1 Å². The van der Waals surface area contributed by atoms with E-state index in [4.69, 9.17) is 4.74 Å². The summed E-state index contributed by atoms with van der Waals surface area (Å²) in [7, 11) is 0. The van der Waals surface area contributed by atoms with Gasteiger partial charge in [-0.3, -0.25) is 10.1 Å². The van der Waals surface area contributed by atoms with Crippen LogP contribution in [0.25, 0.3) is 16.9 Å². The van der Waals surface area contributed by atoms with Crippen LogP contribution in [0.15, 0.2) is 36.4 Å². The van der Waals surface area contributed by atoms with Crippen molar-refractivity contribution in [2.75, 3.05) is 31.2 Å². The highest BCUT2D eigenvalue weighted by Gasteiger charge is 2.18. The van der Waals surface area contributed by atoms with E-state index >= 15 is 0 Å². The number of hydrogen-bond acceptors (Lipinski definition) is 6. The number of anilines is 1. The Morgan fingerprint density at radius 1 is 1.20 bits per heavy atom. The van der Waals surface area contributed by atoms with Gasteiger partial charge in [-0.05, 0) is 6.92 Å². The lowest BCUT2D eigenvalue weighted by molar-refractivity contribution is -0.384. The van der Waals surface area contributed by atoms with Crippen molar-refractivity contribution in [3.05, 3.63) is 52.2 Å². The molecule has 3 heterocycles. The first-order valence-electron chi connectivity index (χ1n) is 8.07. The van der Waals surface area contributed by atoms with Gasteiger partial charge in [-0.25, -0.2) is 4.98 Å². The number of rotatable bonds is 3. The summed E-state index contributed by atoms with van der Waals surface area (Å²) in [6.07, 6.45) is 0. The number of fused-ring (bicyclic) bond motifs is 1. The van der Waals surface area contributed by atoms with Crippen molar-refractivity contribution in [1.82, 2.24) is 14.6 Å². The maximum Gasteiger partial charge on any atom is 0.270 e. The Bertz CT molecular complexity index is 947. The fraction of sp³-hybridized carbons (Fsp3) is 0.294. The van der Waals surface area contributed by atoms with Gasteiger partial charge >= 0.3 is 0 Å². The molecule has 1 fully saturated rings. The number of benzene rings is 1. The van der Waals surface area contributed by atoms with E-state index in [1.807, 2.05) is 25.1 Å². The smallest absolute Gasteiger partial charge is 0.270 e. The molecule has 0 radical (unpaired) electrons. The van der Waals surface area contributed by atoms with Gasteiger partial charge in [0.2, 0.25) is 0 Å². The van der Waals surface area contributed by atoms with Crippen molar-refractivity contribution in [3.8, 4) is 11.3 Å². The molecule has 0 spiro atoms. The Morgan fingerprint density at radius 3 is 2.76 bits per heavy atom. The second-order valence-corrected chi connectivity index (χ2v) is 5.96. The molecule has 0 amide bonds. The molecule has 0 atom stereocenters. The molecule has 2 aromatic heterocycles. The summed E-state index contributed by atoms with van der Waals surface area (Å²) in [5.41, 5.74) is 3.04. The molecule has 0 unspecified atom stereocenters. The Kier molecular flexibility index (Phi) is 3.81. The van der Waals surface area contributed by atoms with Gasteiger partial charge in [0.25, 0.3) is 5.69 Å². The maximum absolute atomic E-state index is 11.0. The van der Waals surface area contributed by atoms with Crippen LogP contribution in [0.3, 0.4) is 0 Å². The molecule has 0 saturated carbocycles. The predicted molar refractivity (Wildman–Crippen MR) is 92.8 cm³/mol. The zero-order valence-electron chi connectivity index (χ0n) is 13.8. The van der Waals surface area contributed by atoms with Gasteiger partial charge in [0.15, 0.2) is 5.65 Å². The van der Waals surface area contributed by atoms with Crippen LogP contribution in [0, 0.1) is 17.0 Å². The van der Waals surface area contributed by atoms with E-state index in [9.17, 15) is 10.1 Å². The molecule has 8 nitrogen and oxygen atoms in total. The van der Waals surface area contributed by atoms with E-state index in [0.717, 1.165) is 30.2 Å². The van der Waals surface area contributed by atoms with Gasteiger partial charge < -0.3 is 9.64 Å². The molecule has 1 aliphatic rings. The first kappa shape index (κ1) is 15.5. The predicted octanol–water partition coefficient (Wildman–Crippen LogP) is 2.45. The summed E-state index contributed by atoms with van der Waals surface area (Å²) in [5.74, 6) is 0.961. The highest BCUT2D eigenvalue weighted by atomic mass is 16.6. The van der Waals surface area contributed by atoms with E-state index in [0.29, 0.717) is 24.5 Å². The molecule has 3 aromatic rings. The van der Waals surface area contributed by atoms with E-state index in [1.165, 1.54) is 12.1 Å². The number of nitrogens with zero attached hydrogens (tertiary/aromatic N) is 5. The van der Waals surface area contributed by atoms with Crippen molar-refractivity contribution in [2.45, 2.75) is 6.92 Å². The molecule has 0 bridgehead atoms. The Hall–Kier alpha value is -3.00. The molecular formula is C17H17N5O3. The quantitative estimate of drug-likeness (QED) is 0.538. The van der Waals surface area contributed by atoms with Crippen molar-refractivity contribution >= 4 is 17.2 Å². The first-order valence-corrected chi connectivity index (χ1v) is 8.07. The summed E-state index contributed by atoms with van der Waals surface area (Å²) in [5, 5.41) is 15.7. The van der Waals surface area contributed by atoms with Crippen LogP contribution in [0.4, 0.5) is 11.5 Å². The van der Waals surface area contributed by atoms with Crippen LogP contribution < -0.4 is 4.90 Å². The minimum Gasteiger partial charge on any atom is -0.378 e. The van der Waals surface area contributed by atoms with Crippen molar-refractivity contribution < 1.29 is 9.66 Å². The third kappa shape index (κ3) is 2.91. The highest BCUT2D eigenvalue weighted by molar-refractivity contribution is 5.68. The number of non-ortho nitro benzene ring substituents is 1. The van der Waals surface area contributed by atoms with Gasteiger partial charge in [0.05, 0.1) is 23.8 Å².